The predicted octanol–water partition coefficient (Wildman–Crippen LogP) is 4.58. The molecule has 1 heterocycles. The lowest BCUT2D eigenvalue weighted by Gasteiger charge is -2.11. The molecule has 0 bridgehead atoms. The van der Waals surface area contributed by atoms with Crippen molar-refractivity contribution >= 4 is 39.3 Å². The van der Waals surface area contributed by atoms with Crippen LogP contribution < -0.4 is 0 Å². The number of halogens is 5. The Morgan fingerprint density at radius 2 is 2.12 bits per heavy atom. The SMILES string of the molecule is FC(F)(F)c1cc(Br)cnc1SCCCCl. The van der Waals surface area contributed by atoms with E-state index in [1.165, 1.54) is 6.20 Å². The first-order valence-electron chi connectivity index (χ1n) is 4.36. The summed E-state index contributed by atoms with van der Waals surface area (Å²) in [5.41, 5.74) is -0.707. The average molecular weight is 335 g/mol. The van der Waals surface area contributed by atoms with Gasteiger partial charge < -0.3 is 0 Å². The first-order valence-corrected chi connectivity index (χ1v) is 6.68. The molecule has 90 valence electrons. The molecule has 1 nitrogen and oxygen atoms in total. The van der Waals surface area contributed by atoms with Gasteiger partial charge in [0.05, 0.1) is 5.56 Å². The third kappa shape index (κ3) is 4.14. The molecular formula is C9H8BrClF3NS. The molecule has 7 heteroatoms. The average Bonchev–Trinajstić information content (AvgIpc) is 2.19. The van der Waals surface area contributed by atoms with Crippen LogP contribution in [0.5, 0.6) is 0 Å². The van der Waals surface area contributed by atoms with Crippen molar-refractivity contribution in [3.05, 3.63) is 22.3 Å². The van der Waals surface area contributed by atoms with Crippen LogP contribution in [0.15, 0.2) is 21.8 Å². The van der Waals surface area contributed by atoms with E-state index in [1.807, 2.05) is 0 Å². The Bertz CT molecular complexity index is 359. The van der Waals surface area contributed by atoms with Gasteiger partial charge in [0.25, 0.3) is 0 Å². The van der Waals surface area contributed by atoms with E-state index in [-0.39, 0.29) is 5.03 Å². The van der Waals surface area contributed by atoms with Crippen molar-refractivity contribution in [2.45, 2.75) is 17.6 Å². The third-order valence-corrected chi connectivity index (χ3v) is 3.43. The van der Waals surface area contributed by atoms with Gasteiger partial charge in [0.15, 0.2) is 0 Å². The summed E-state index contributed by atoms with van der Waals surface area (Å²) in [6.45, 7) is 0. The van der Waals surface area contributed by atoms with Crippen LogP contribution in [0.1, 0.15) is 12.0 Å². The Morgan fingerprint density at radius 1 is 1.44 bits per heavy atom. The monoisotopic (exact) mass is 333 g/mol. The van der Waals surface area contributed by atoms with Crippen LogP contribution in [0, 0.1) is 0 Å². The number of pyridine rings is 1. The zero-order valence-corrected chi connectivity index (χ0v) is 11.2. The fourth-order valence-electron chi connectivity index (χ4n) is 0.968. The molecular weight excluding hydrogens is 327 g/mol. The van der Waals surface area contributed by atoms with Gasteiger partial charge in [-0.15, -0.1) is 23.4 Å². The van der Waals surface area contributed by atoms with Gasteiger partial charge in [0.2, 0.25) is 0 Å². The fourth-order valence-corrected chi connectivity index (χ4v) is 2.53. The molecule has 0 saturated carbocycles. The van der Waals surface area contributed by atoms with E-state index >= 15 is 0 Å². The molecule has 16 heavy (non-hydrogen) atoms. The number of rotatable bonds is 4. The van der Waals surface area contributed by atoms with Crippen molar-refractivity contribution in [3.8, 4) is 0 Å². The molecule has 0 spiro atoms. The Hall–Kier alpha value is 0.0600. The van der Waals surface area contributed by atoms with E-state index in [1.54, 1.807) is 0 Å². The van der Waals surface area contributed by atoms with Crippen molar-refractivity contribution in [1.82, 2.24) is 4.98 Å². The summed E-state index contributed by atoms with van der Waals surface area (Å²) in [6, 6.07) is 1.04. The maximum atomic E-state index is 12.6. The second-order valence-corrected chi connectivity index (χ2v) is 5.27. The highest BCUT2D eigenvalue weighted by Crippen LogP contribution is 2.36. The van der Waals surface area contributed by atoms with E-state index in [0.29, 0.717) is 22.5 Å². The zero-order chi connectivity index (χ0) is 12.2. The van der Waals surface area contributed by atoms with Crippen molar-refractivity contribution in [2.75, 3.05) is 11.6 Å². The minimum Gasteiger partial charge on any atom is -0.248 e. The first-order chi connectivity index (χ1) is 7.45. The number of aromatic nitrogens is 1. The Morgan fingerprint density at radius 3 is 2.69 bits per heavy atom. The molecule has 0 fully saturated rings. The number of hydrogen-bond acceptors (Lipinski definition) is 2. The van der Waals surface area contributed by atoms with Crippen LogP contribution in [-0.2, 0) is 6.18 Å². The number of nitrogens with zero attached hydrogens (tertiary/aromatic N) is 1. The minimum atomic E-state index is -4.37. The summed E-state index contributed by atoms with van der Waals surface area (Å²) in [7, 11) is 0. The highest BCUT2D eigenvalue weighted by molar-refractivity contribution is 9.10. The van der Waals surface area contributed by atoms with Gasteiger partial charge in [-0.3, -0.25) is 0 Å². The van der Waals surface area contributed by atoms with Crippen LogP contribution in [-0.4, -0.2) is 16.6 Å². The molecule has 0 radical (unpaired) electrons. The van der Waals surface area contributed by atoms with Crippen molar-refractivity contribution in [1.29, 1.82) is 0 Å². The second-order valence-electron chi connectivity index (χ2n) is 2.90. The number of hydrogen-bond donors (Lipinski definition) is 0. The molecule has 0 unspecified atom stereocenters. The maximum absolute atomic E-state index is 12.6. The summed E-state index contributed by atoms with van der Waals surface area (Å²) in [5.74, 6) is 0.964. The van der Waals surface area contributed by atoms with Gasteiger partial charge in [-0.25, -0.2) is 4.98 Å². The molecule has 0 aliphatic carbocycles. The highest BCUT2D eigenvalue weighted by atomic mass is 79.9. The maximum Gasteiger partial charge on any atom is 0.419 e. The summed E-state index contributed by atoms with van der Waals surface area (Å²) in [5, 5.41) is 0.000756. The molecule has 0 N–H and O–H groups in total. The van der Waals surface area contributed by atoms with E-state index < -0.39 is 11.7 Å². The standard InChI is InChI=1S/C9H8BrClF3NS/c10-6-4-7(9(12,13)14)8(15-5-6)16-3-1-2-11/h4-5H,1-3H2. The molecule has 0 aromatic carbocycles. The van der Waals surface area contributed by atoms with Crippen LogP contribution in [0.25, 0.3) is 0 Å². The summed E-state index contributed by atoms with van der Waals surface area (Å²) < 4.78 is 38.2. The quantitative estimate of drug-likeness (QED) is 0.454. The van der Waals surface area contributed by atoms with Crippen LogP contribution in [0.4, 0.5) is 13.2 Å². The topological polar surface area (TPSA) is 12.9 Å². The Kier molecular flexibility index (Phi) is 5.40. The van der Waals surface area contributed by atoms with Gasteiger partial charge in [0.1, 0.15) is 5.03 Å². The number of alkyl halides is 4. The lowest BCUT2D eigenvalue weighted by molar-refractivity contribution is -0.140. The van der Waals surface area contributed by atoms with Crippen LogP contribution in [0.2, 0.25) is 0 Å². The third-order valence-electron chi connectivity index (χ3n) is 1.64. The van der Waals surface area contributed by atoms with E-state index in [0.717, 1.165) is 17.8 Å². The summed E-state index contributed by atoms with van der Waals surface area (Å²) in [4.78, 5) is 3.77. The number of thioether (sulfide) groups is 1. The largest absolute Gasteiger partial charge is 0.419 e. The first kappa shape index (κ1) is 14.1. The normalized spacial score (nSPS) is 11.8. The van der Waals surface area contributed by atoms with Crippen molar-refractivity contribution < 1.29 is 13.2 Å². The van der Waals surface area contributed by atoms with Gasteiger partial charge in [0, 0.05) is 22.3 Å². The molecule has 1 aromatic heterocycles. The molecule has 0 aliphatic heterocycles. The molecule has 0 atom stereocenters. The second kappa shape index (κ2) is 6.12. The van der Waals surface area contributed by atoms with Crippen LogP contribution >= 0.6 is 39.3 Å². The van der Waals surface area contributed by atoms with Gasteiger partial charge in [-0.05, 0) is 28.4 Å². The molecule has 0 aliphatic rings. The predicted molar refractivity (Wildman–Crippen MR) is 63.0 cm³/mol. The summed E-state index contributed by atoms with van der Waals surface area (Å²) in [6.07, 6.45) is -2.36. The fraction of sp³-hybridized carbons (Fsp3) is 0.444. The smallest absolute Gasteiger partial charge is 0.248 e. The summed E-state index contributed by atoms with van der Waals surface area (Å²) >= 11 is 9.51. The van der Waals surface area contributed by atoms with Gasteiger partial charge >= 0.3 is 6.18 Å². The molecule has 0 saturated heterocycles. The van der Waals surface area contributed by atoms with E-state index in [2.05, 4.69) is 20.9 Å². The molecule has 1 rings (SSSR count). The van der Waals surface area contributed by atoms with Crippen molar-refractivity contribution in [3.63, 3.8) is 0 Å². The van der Waals surface area contributed by atoms with Crippen LogP contribution in [0.3, 0.4) is 0 Å². The molecule has 0 amide bonds. The lowest BCUT2D eigenvalue weighted by Crippen LogP contribution is -2.08. The molecule has 1 aromatic rings. The van der Waals surface area contributed by atoms with Gasteiger partial charge in [-0.1, -0.05) is 0 Å². The zero-order valence-electron chi connectivity index (χ0n) is 8.02. The lowest BCUT2D eigenvalue weighted by atomic mass is 10.3. The van der Waals surface area contributed by atoms with E-state index in [9.17, 15) is 13.2 Å². The van der Waals surface area contributed by atoms with E-state index in [4.69, 9.17) is 11.6 Å². The Labute approximate surface area is 109 Å². The van der Waals surface area contributed by atoms with Gasteiger partial charge in [-0.2, -0.15) is 13.2 Å². The highest BCUT2D eigenvalue weighted by Gasteiger charge is 2.34. The van der Waals surface area contributed by atoms with Crippen molar-refractivity contribution in [2.24, 2.45) is 0 Å². The Balaban J connectivity index is 2.90. The minimum absolute atomic E-state index is 0.000756.